The van der Waals surface area contributed by atoms with Crippen molar-refractivity contribution in [3.8, 4) is 10.7 Å². The Hall–Kier alpha value is -2.39. The van der Waals surface area contributed by atoms with E-state index in [0.29, 0.717) is 35.0 Å². The van der Waals surface area contributed by atoms with Crippen molar-refractivity contribution >= 4 is 28.8 Å². The summed E-state index contributed by atoms with van der Waals surface area (Å²) in [6.45, 7) is 0.875. The number of amides is 1. The van der Waals surface area contributed by atoms with Crippen molar-refractivity contribution in [3.63, 3.8) is 0 Å². The molecular weight excluding hydrogens is 403 g/mol. The molecule has 4 rings (SSSR count). The Labute approximate surface area is 160 Å². The summed E-state index contributed by atoms with van der Waals surface area (Å²) in [4.78, 5) is 19.2. The molecule has 0 N–H and O–H groups in total. The van der Waals surface area contributed by atoms with E-state index in [1.165, 1.54) is 11.3 Å². The van der Waals surface area contributed by atoms with Gasteiger partial charge in [-0.3, -0.25) is 4.79 Å². The van der Waals surface area contributed by atoms with Crippen LogP contribution in [0.5, 0.6) is 0 Å². The smallest absolute Gasteiger partial charge is 0.334 e. The molecule has 0 aliphatic carbocycles. The number of hydrogen-bond acceptors (Lipinski definition) is 5. The summed E-state index contributed by atoms with van der Waals surface area (Å²) in [5.74, 6) is -1.62. The predicted octanol–water partition coefficient (Wildman–Crippen LogP) is 4.67. The molecule has 1 aliphatic heterocycles. The van der Waals surface area contributed by atoms with E-state index < -0.39 is 12.1 Å². The van der Waals surface area contributed by atoms with Gasteiger partial charge in [-0.05, 0) is 36.2 Å². The van der Waals surface area contributed by atoms with E-state index in [9.17, 15) is 18.0 Å². The average molecular weight is 414 g/mol. The van der Waals surface area contributed by atoms with Crippen molar-refractivity contribution in [2.75, 3.05) is 6.54 Å². The largest absolute Gasteiger partial charge is 0.471 e. The molecule has 0 radical (unpaired) electrons. The molecule has 5 nitrogen and oxygen atoms in total. The Morgan fingerprint density at radius 2 is 2.11 bits per heavy atom. The molecule has 0 fully saturated rings. The van der Waals surface area contributed by atoms with Crippen LogP contribution in [0.4, 0.5) is 13.2 Å². The topological polar surface area (TPSA) is 59.2 Å². The summed E-state index contributed by atoms with van der Waals surface area (Å²) >= 11 is 7.26. The lowest BCUT2D eigenvalue weighted by atomic mass is 10.1. The SMILES string of the molecule is O=C(c1cccc(Cl)c1)N1CCc2sc(-c3noc(C(F)(F)F)n3)cc2C1. The van der Waals surface area contributed by atoms with Gasteiger partial charge in [0.1, 0.15) is 0 Å². The third kappa shape index (κ3) is 3.57. The van der Waals surface area contributed by atoms with Crippen LogP contribution in [0.2, 0.25) is 5.02 Å². The predicted molar refractivity (Wildman–Crippen MR) is 92.5 cm³/mol. The molecule has 10 heteroatoms. The van der Waals surface area contributed by atoms with Gasteiger partial charge in [0.05, 0.1) is 4.88 Å². The number of halogens is 4. The molecule has 0 saturated heterocycles. The van der Waals surface area contributed by atoms with Gasteiger partial charge in [-0.25, -0.2) is 0 Å². The number of aromatic nitrogens is 2. The minimum atomic E-state index is -4.68. The van der Waals surface area contributed by atoms with Gasteiger partial charge in [-0.2, -0.15) is 18.2 Å². The molecule has 140 valence electrons. The first-order valence-corrected chi connectivity index (χ1v) is 9.08. The molecule has 3 aromatic rings. The lowest BCUT2D eigenvalue weighted by molar-refractivity contribution is -0.159. The molecule has 3 heterocycles. The average Bonchev–Trinajstić information content (AvgIpc) is 3.26. The minimum absolute atomic E-state index is 0.102. The fraction of sp³-hybridized carbons (Fsp3) is 0.235. The normalized spacial score (nSPS) is 14.3. The van der Waals surface area contributed by atoms with Crippen molar-refractivity contribution in [1.82, 2.24) is 15.0 Å². The quantitative estimate of drug-likeness (QED) is 0.612. The fourth-order valence-electron chi connectivity index (χ4n) is 2.86. The van der Waals surface area contributed by atoms with Gasteiger partial charge in [0.2, 0.25) is 5.82 Å². The summed E-state index contributed by atoms with van der Waals surface area (Å²) in [6, 6.07) is 8.42. The number of alkyl halides is 3. The zero-order valence-electron chi connectivity index (χ0n) is 13.6. The summed E-state index contributed by atoms with van der Waals surface area (Å²) in [5, 5.41) is 3.90. The molecule has 0 atom stereocenters. The maximum Gasteiger partial charge on any atom is 0.471 e. The molecular formula is C17H11ClF3N3O2S. The van der Waals surface area contributed by atoms with Crippen molar-refractivity contribution in [3.05, 3.63) is 57.2 Å². The molecule has 0 unspecified atom stereocenters. The molecule has 27 heavy (non-hydrogen) atoms. The molecule has 0 bridgehead atoms. The van der Waals surface area contributed by atoms with Crippen LogP contribution >= 0.6 is 22.9 Å². The second kappa shape index (κ2) is 6.65. The van der Waals surface area contributed by atoms with Gasteiger partial charge in [0, 0.05) is 28.6 Å². The summed E-state index contributed by atoms with van der Waals surface area (Å²) in [5.41, 5.74) is 1.37. The highest BCUT2D eigenvalue weighted by atomic mass is 35.5. The van der Waals surface area contributed by atoms with Crippen LogP contribution in [-0.4, -0.2) is 27.5 Å². The zero-order chi connectivity index (χ0) is 19.2. The highest BCUT2D eigenvalue weighted by molar-refractivity contribution is 7.15. The molecule has 0 saturated carbocycles. The monoisotopic (exact) mass is 413 g/mol. The number of benzene rings is 1. The number of nitrogens with zero attached hydrogens (tertiary/aromatic N) is 3. The van der Waals surface area contributed by atoms with Crippen LogP contribution in [0.25, 0.3) is 10.7 Å². The van der Waals surface area contributed by atoms with E-state index in [4.69, 9.17) is 11.6 Å². The summed E-state index contributed by atoms with van der Waals surface area (Å²) in [7, 11) is 0. The van der Waals surface area contributed by atoms with E-state index in [1.807, 2.05) is 0 Å². The first-order valence-electron chi connectivity index (χ1n) is 7.89. The fourth-order valence-corrected chi connectivity index (χ4v) is 4.14. The highest BCUT2D eigenvalue weighted by Crippen LogP contribution is 2.35. The van der Waals surface area contributed by atoms with E-state index >= 15 is 0 Å². The Morgan fingerprint density at radius 1 is 1.30 bits per heavy atom. The van der Waals surface area contributed by atoms with Gasteiger partial charge in [-0.15, -0.1) is 11.3 Å². The Balaban J connectivity index is 1.56. The lowest BCUT2D eigenvalue weighted by Crippen LogP contribution is -2.35. The first kappa shape index (κ1) is 18.0. The van der Waals surface area contributed by atoms with Crippen LogP contribution in [0.1, 0.15) is 26.7 Å². The van der Waals surface area contributed by atoms with E-state index in [0.717, 1.165) is 10.4 Å². The zero-order valence-corrected chi connectivity index (χ0v) is 15.2. The Bertz CT molecular complexity index is 1020. The summed E-state index contributed by atoms with van der Waals surface area (Å²) in [6.07, 6.45) is -4.07. The second-order valence-electron chi connectivity index (χ2n) is 5.97. The van der Waals surface area contributed by atoms with E-state index in [2.05, 4.69) is 14.7 Å². The lowest BCUT2D eigenvalue weighted by Gasteiger charge is -2.27. The van der Waals surface area contributed by atoms with E-state index in [1.54, 1.807) is 35.2 Å². The number of carbonyl (C=O) groups is 1. The third-order valence-electron chi connectivity index (χ3n) is 4.11. The standard InChI is InChI=1S/C17H11ClF3N3O2S/c18-11-3-1-2-9(6-11)15(25)24-5-4-12-10(8-24)7-13(27-12)14-22-16(26-23-14)17(19,20)21/h1-3,6-7H,4-5,8H2. The molecule has 1 aliphatic rings. The van der Waals surface area contributed by atoms with Crippen LogP contribution < -0.4 is 0 Å². The highest BCUT2D eigenvalue weighted by Gasteiger charge is 2.38. The number of fused-ring (bicyclic) bond motifs is 1. The molecule has 2 aromatic heterocycles. The van der Waals surface area contributed by atoms with Crippen LogP contribution in [0.15, 0.2) is 34.9 Å². The van der Waals surface area contributed by atoms with Gasteiger partial charge in [-0.1, -0.05) is 22.8 Å². The molecule has 0 spiro atoms. The first-order chi connectivity index (χ1) is 12.8. The number of carbonyl (C=O) groups excluding carboxylic acids is 1. The molecule has 1 aromatic carbocycles. The Kier molecular flexibility index (Phi) is 4.43. The minimum Gasteiger partial charge on any atom is -0.334 e. The maximum atomic E-state index is 12.7. The van der Waals surface area contributed by atoms with Gasteiger partial charge in [0.25, 0.3) is 5.91 Å². The van der Waals surface area contributed by atoms with Crippen LogP contribution in [-0.2, 0) is 19.1 Å². The second-order valence-corrected chi connectivity index (χ2v) is 7.54. The van der Waals surface area contributed by atoms with Crippen LogP contribution in [0, 0.1) is 0 Å². The maximum absolute atomic E-state index is 12.7. The van der Waals surface area contributed by atoms with Crippen molar-refractivity contribution in [2.45, 2.75) is 19.1 Å². The summed E-state index contributed by atoms with van der Waals surface area (Å²) < 4.78 is 42.2. The van der Waals surface area contributed by atoms with Crippen LogP contribution in [0.3, 0.4) is 0 Å². The van der Waals surface area contributed by atoms with Crippen molar-refractivity contribution < 1.29 is 22.5 Å². The van der Waals surface area contributed by atoms with Gasteiger partial charge < -0.3 is 9.42 Å². The third-order valence-corrected chi connectivity index (χ3v) is 5.58. The Morgan fingerprint density at radius 3 is 2.81 bits per heavy atom. The van der Waals surface area contributed by atoms with Crippen molar-refractivity contribution in [2.24, 2.45) is 0 Å². The van der Waals surface area contributed by atoms with Gasteiger partial charge in [0.15, 0.2) is 0 Å². The van der Waals surface area contributed by atoms with Gasteiger partial charge >= 0.3 is 12.1 Å². The van der Waals surface area contributed by atoms with E-state index in [-0.39, 0.29) is 11.7 Å². The van der Waals surface area contributed by atoms with Crippen molar-refractivity contribution in [1.29, 1.82) is 0 Å². The number of thiophene rings is 1. The number of hydrogen-bond donors (Lipinski definition) is 0. The number of rotatable bonds is 2. The molecule has 1 amide bonds.